The maximum Gasteiger partial charge on any atom is 0.404 e. The van der Waals surface area contributed by atoms with E-state index in [9.17, 15) is 22.0 Å². The summed E-state index contributed by atoms with van der Waals surface area (Å²) < 4.78 is 69.1. The maximum absolute atomic E-state index is 14.5. The zero-order valence-electron chi connectivity index (χ0n) is 14.9. The number of benzene rings is 2. The second-order valence-electron chi connectivity index (χ2n) is 6.91. The quantitative estimate of drug-likeness (QED) is 0.394. The maximum atomic E-state index is 14.5. The fourth-order valence-corrected chi connectivity index (χ4v) is 4.88. The first-order valence-electron chi connectivity index (χ1n) is 8.83. The van der Waals surface area contributed by atoms with Crippen LogP contribution in [0.2, 0.25) is 0 Å². The van der Waals surface area contributed by atoms with E-state index in [1.807, 2.05) is 0 Å². The van der Waals surface area contributed by atoms with Gasteiger partial charge in [0.15, 0.2) is 0 Å². The zero-order valence-corrected chi connectivity index (χ0v) is 15.7. The molecule has 0 bridgehead atoms. The predicted octanol–water partition coefficient (Wildman–Crippen LogP) is 6.46. The van der Waals surface area contributed by atoms with Crippen molar-refractivity contribution in [3.63, 3.8) is 0 Å². The van der Waals surface area contributed by atoms with Gasteiger partial charge >= 0.3 is 6.18 Å². The van der Waals surface area contributed by atoms with Crippen LogP contribution >= 0.6 is 11.9 Å². The molecular formula is C20H17F5N2S. The smallest absolute Gasteiger partial charge is 0.346 e. The Kier molecular flexibility index (Phi) is 4.87. The lowest BCUT2D eigenvalue weighted by molar-refractivity contribution is -0.163. The third kappa shape index (κ3) is 3.51. The molecule has 1 saturated heterocycles. The summed E-state index contributed by atoms with van der Waals surface area (Å²) in [5, 5.41) is 0.946. The van der Waals surface area contributed by atoms with Gasteiger partial charge in [0.05, 0.1) is 10.5 Å². The molecule has 28 heavy (non-hydrogen) atoms. The Morgan fingerprint density at radius 3 is 2.64 bits per heavy atom. The predicted molar refractivity (Wildman–Crippen MR) is 100 cm³/mol. The SMILES string of the molecule is Cc1cc(F)c2[nH]c(SN3CCCC3C(F)(F)F)cc2c1-c1cccc(F)c1. The fourth-order valence-electron chi connectivity index (χ4n) is 3.74. The number of aromatic amines is 1. The molecule has 1 aliphatic heterocycles. The van der Waals surface area contributed by atoms with Crippen LogP contribution in [0.4, 0.5) is 22.0 Å². The van der Waals surface area contributed by atoms with Crippen LogP contribution < -0.4 is 0 Å². The normalized spacial score (nSPS) is 18.3. The molecule has 1 atom stereocenters. The monoisotopic (exact) mass is 412 g/mol. The van der Waals surface area contributed by atoms with Gasteiger partial charge in [0.1, 0.15) is 17.7 Å². The number of fused-ring (bicyclic) bond motifs is 1. The number of rotatable bonds is 3. The molecule has 2 nitrogen and oxygen atoms in total. The van der Waals surface area contributed by atoms with Gasteiger partial charge in [-0.25, -0.2) is 13.1 Å². The van der Waals surface area contributed by atoms with Gasteiger partial charge in [-0.05, 0) is 72.7 Å². The number of nitrogens with one attached hydrogen (secondary N) is 1. The number of hydrogen-bond donors (Lipinski definition) is 1. The molecule has 0 radical (unpaired) electrons. The minimum atomic E-state index is -4.30. The van der Waals surface area contributed by atoms with Crippen molar-refractivity contribution in [2.24, 2.45) is 0 Å². The summed E-state index contributed by atoms with van der Waals surface area (Å²) >= 11 is 0.951. The van der Waals surface area contributed by atoms with Crippen molar-refractivity contribution in [2.45, 2.75) is 37.0 Å². The van der Waals surface area contributed by atoms with Crippen molar-refractivity contribution in [2.75, 3.05) is 6.54 Å². The third-order valence-corrected chi connectivity index (χ3v) is 6.04. The first kappa shape index (κ1) is 19.3. The number of alkyl halides is 3. The number of H-pyrrole nitrogens is 1. The van der Waals surface area contributed by atoms with Crippen LogP contribution in [0.1, 0.15) is 18.4 Å². The van der Waals surface area contributed by atoms with E-state index in [0.717, 1.165) is 11.9 Å². The van der Waals surface area contributed by atoms with Gasteiger partial charge < -0.3 is 4.98 Å². The second kappa shape index (κ2) is 7.08. The number of aromatic nitrogens is 1. The lowest BCUT2D eigenvalue weighted by atomic mass is 9.96. The van der Waals surface area contributed by atoms with Crippen LogP contribution in [0.5, 0.6) is 0 Å². The van der Waals surface area contributed by atoms with Crippen LogP contribution in [0.15, 0.2) is 41.4 Å². The molecule has 2 heterocycles. The average Bonchev–Trinajstić information content (AvgIpc) is 3.22. The molecular weight excluding hydrogens is 395 g/mol. The molecule has 0 aliphatic carbocycles. The van der Waals surface area contributed by atoms with Crippen LogP contribution in [0.3, 0.4) is 0 Å². The number of nitrogens with zero attached hydrogens (tertiary/aromatic N) is 1. The van der Waals surface area contributed by atoms with Crippen LogP contribution in [-0.4, -0.2) is 28.1 Å². The van der Waals surface area contributed by atoms with E-state index in [2.05, 4.69) is 4.98 Å². The van der Waals surface area contributed by atoms with Gasteiger partial charge in [-0.15, -0.1) is 0 Å². The Bertz CT molecular complexity index is 1030. The zero-order chi connectivity index (χ0) is 20.1. The number of aryl methyl sites for hydroxylation is 1. The summed E-state index contributed by atoms with van der Waals surface area (Å²) in [5.41, 5.74) is 2.08. The molecule has 1 unspecified atom stereocenters. The van der Waals surface area contributed by atoms with Gasteiger partial charge in [-0.2, -0.15) is 13.2 Å². The highest BCUT2D eigenvalue weighted by Gasteiger charge is 2.46. The van der Waals surface area contributed by atoms with Gasteiger partial charge in [0.2, 0.25) is 0 Å². The minimum absolute atomic E-state index is 0.0543. The third-order valence-electron chi connectivity index (χ3n) is 4.95. The van der Waals surface area contributed by atoms with Crippen LogP contribution in [-0.2, 0) is 0 Å². The molecule has 1 N–H and O–H groups in total. The number of halogens is 5. The Labute approximate surface area is 162 Å². The first-order chi connectivity index (χ1) is 13.2. The minimum Gasteiger partial charge on any atom is -0.346 e. The molecule has 1 fully saturated rings. The van der Waals surface area contributed by atoms with Gasteiger partial charge in [-0.3, -0.25) is 0 Å². The average molecular weight is 412 g/mol. The summed E-state index contributed by atoms with van der Waals surface area (Å²) in [5.74, 6) is -0.905. The summed E-state index contributed by atoms with van der Waals surface area (Å²) in [6.07, 6.45) is -3.79. The lowest BCUT2D eigenvalue weighted by Gasteiger charge is -2.24. The summed E-state index contributed by atoms with van der Waals surface area (Å²) in [7, 11) is 0. The molecule has 4 rings (SSSR count). The Morgan fingerprint density at radius 1 is 1.14 bits per heavy atom. The molecule has 3 aromatic rings. The first-order valence-corrected chi connectivity index (χ1v) is 9.60. The Balaban J connectivity index is 1.77. The van der Waals surface area contributed by atoms with Crippen molar-refractivity contribution in [3.8, 4) is 11.1 Å². The standard InChI is InChI=1S/C20H17F5N2S/c1-11-8-15(22)19-14(18(11)12-4-2-5-13(21)9-12)10-17(26-19)28-27-7-3-6-16(27)20(23,24)25/h2,4-5,8-10,16,26H,3,6-7H2,1H3. The highest BCUT2D eigenvalue weighted by molar-refractivity contribution is 7.97. The van der Waals surface area contributed by atoms with E-state index >= 15 is 0 Å². The molecule has 148 valence electrons. The lowest BCUT2D eigenvalue weighted by Crippen LogP contribution is -2.37. The van der Waals surface area contributed by atoms with Gasteiger partial charge in [-0.1, -0.05) is 12.1 Å². The fraction of sp³-hybridized carbons (Fsp3) is 0.300. The number of hydrogen-bond acceptors (Lipinski definition) is 2. The topological polar surface area (TPSA) is 19.0 Å². The van der Waals surface area contributed by atoms with E-state index in [-0.39, 0.29) is 11.9 Å². The van der Waals surface area contributed by atoms with Gasteiger partial charge in [0.25, 0.3) is 0 Å². The molecule has 1 aromatic heterocycles. The van der Waals surface area contributed by atoms with Crippen LogP contribution in [0.25, 0.3) is 22.0 Å². The van der Waals surface area contributed by atoms with Crippen LogP contribution in [0, 0.1) is 18.6 Å². The Morgan fingerprint density at radius 2 is 1.93 bits per heavy atom. The molecule has 0 spiro atoms. The van der Waals surface area contributed by atoms with E-state index in [1.165, 1.54) is 22.5 Å². The highest BCUT2D eigenvalue weighted by Crippen LogP contribution is 2.41. The van der Waals surface area contributed by atoms with Crippen molar-refractivity contribution < 1.29 is 22.0 Å². The van der Waals surface area contributed by atoms with Crippen molar-refractivity contribution in [1.29, 1.82) is 0 Å². The highest BCUT2D eigenvalue weighted by atomic mass is 32.2. The summed E-state index contributed by atoms with van der Waals surface area (Å²) in [6.45, 7) is 2.03. The van der Waals surface area contributed by atoms with E-state index in [0.29, 0.717) is 40.1 Å². The van der Waals surface area contributed by atoms with Crippen molar-refractivity contribution >= 4 is 22.9 Å². The van der Waals surface area contributed by atoms with Crippen molar-refractivity contribution in [3.05, 3.63) is 53.6 Å². The van der Waals surface area contributed by atoms with Gasteiger partial charge in [0, 0.05) is 11.9 Å². The van der Waals surface area contributed by atoms with E-state index < -0.39 is 23.9 Å². The molecule has 2 aromatic carbocycles. The molecule has 0 amide bonds. The summed E-state index contributed by atoms with van der Waals surface area (Å²) in [6, 6.07) is 7.45. The largest absolute Gasteiger partial charge is 0.404 e. The molecule has 1 aliphatic rings. The second-order valence-corrected chi connectivity index (χ2v) is 8.01. The molecule has 8 heteroatoms. The van der Waals surface area contributed by atoms with E-state index in [1.54, 1.807) is 25.1 Å². The molecule has 0 saturated carbocycles. The Hall–Kier alpha value is -2.06. The van der Waals surface area contributed by atoms with E-state index in [4.69, 9.17) is 0 Å². The van der Waals surface area contributed by atoms with Crippen molar-refractivity contribution in [1.82, 2.24) is 9.29 Å². The summed E-state index contributed by atoms with van der Waals surface area (Å²) in [4.78, 5) is 2.90.